The molecule has 2 heterocycles. The fourth-order valence-corrected chi connectivity index (χ4v) is 1.96. The van der Waals surface area contributed by atoms with Crippen LogP contribution in [0.3, 0.4) is 0 Å². The summed E-state index contributed by atoms with van der Waals surface area (Å²) >= 11 is 0. The SMILES string of the molecule is Nc1cnc2ccccc2c1NCCc1ncon1. The van der Waals surface area contributed by atoms with Crippen molar-refractivity contribution in [2.75, 3.05) is 17.6 Å². The summed E-state index contributed by atoms with van der Waals surface area (Å²) in [6, 6.07) is 7.87. The molecule has 19 heavy (non-hydrogen) atoms. The van der Waals surface area contributed by atoms with Crippen LogP contribution < -0.4 is 11.1 Å². The monoisotopic (exact) mass is 255 g/mol. The molecule has 0 aliphatic rings. The van der Waals surface area contributed by atoms with Gasteiger partial charge >= 0.3 is 0 Å². The molecule has 0 fully saturated rings. The zero-order valence-electron chi connectivity index (χ0n) is 10.2. The van der Waals surface area contributed by atoms with Crippen molar-refractivity contribution in [3.05, 3.63) is 42.7 Å². The number of nitrogens with one attached hydrogen (secondary N) is 1. The Morgan fingerprint density at radius 2 is 2.11 bits per heavy atom. The number of para-hydroxylation sites is 1. The summed E-state index contributed by atoms with van der Waals surface area (Å²) in [5, 5.41) is 8.08. The highest BCUT2D eigenvalue weighted by Crippen LogP contribution is 2.27. The molecule has 0 saturated heterocycles. The average molecular weight is 255 g/mol. The van der Waals surface area contributed by atoms with Crippen LogP contribution in [0.2, 0.25) is 0 Å². The molecule has 0 bridgehead atoms. The van der Waals surface area contributed by atoms with E-state index >= 15 is 0 Å². The van der Waals surface area contributed by atoms with Crippen molar-refractivity contribution in [1.82, 2.24) is 15.1 Å². The van der Waals surface area contributed by atoms with E-state index in [-0.39, 0.29) is 0 Å². The summed E-state index contributed by atoms with van der Waals surface area (Å²) in [6.07, 6.45) is 3.66. The van der Waals surface area contributed by atoms with E-state index in [1.807, 2.05) is 24.3 Å². The number of nitrogen functional groups attached to an aromatic ring is 1. The third-order valence-electron chi connectivity index (χ3n) is 2.86. The Morgan fingerprint density at radius 3 is 2.95 bits per heavy atom. The number of benzene rings is 1. The van der Waals surface area contributed by atoms with E-state index in [9.17, 15) is 0 Å². The fraction of sp³-hybridized carbons (Fsp3) is 0.154. The van der Waals surface area contributed by atoms with E-state index in [4.69, 9.17) is 5.73 Å². The van der Waals surface area contributed by atoms with E-state index in [0.717, 1.165) is 16.6 Å². The Hall–Kier alpha value is -2.63. The Labute approximate surface area is 109 Å². The number of fused-ring (bicyclic) bond motifs is 1. The molecule has 0 saturated carbocycles. The minimum absolute atomic E-state index is 0.631. The van der Waals surface area contributed by atoms with Gasteiger partial charge < -0.3 is 15.6 Å². The molecule has 0 atom stereocenters. The third-order valence-corrected chi connectivity index (χ3v) is 2.86. The summed E-state index contributed by atoms with van der Waals surface area (Å²) in [4.78, 5) is 8.27. The van der Waals surface area contributed by atoms with E-state index in [1.54, 1.807) is 6.20 Å². The van der Waals surface area contributed by atoms with Crippen LogP contribution in [0.1, 0.15) is 5.82 Å². The molecule has 3 N–H and O–H groups in total. The summed E-state index contributed by atoms with van der Waals surface area (Å²) in [7, 11) is 0. The van der Waals surface area contributed by atoms with Gasteiger partial charge in [-0.05, 0) is 6.07 Å². The Bertz CT molecular complexity index is 681. The predicted octanol–water partition coefficient (Wildman–Crippen LogP) is 1.85. The normalized spacial score (nSPS) is 10.7. The Morgan fingerprint density at radius 1 is 1.21 bits per heavy atom. The van der Waals surface area contributed by atoms with Crippen LogP contribution in [0.4, 0.5) is 11.4 Å². The van der Waals surface area contributed by atoms with Crippen molar-refractivity contribution >= 4 is 22.3 Å². The van der Waals surface area contributed by atoms with Gasteiger partial charge in [0, 0.05) is 18.4 Å². The fourth-order valence-electron chi connectivity index (χ4n) is 1.96. The molecule has 0 amide bonds. The van der Waals surface area contributed by atoms with Crippen molar-refractivity contribution in [3.63, 3.8) is 0 Å². The number of hydrogen-bond donors (Lipinski definition) is 2. The Balaban J connectivity index is 1.81. The molecule has 6 nitrogen and oxygen atoms in total. The van der Waals surface area contributed by atoms with Crippen molar-refractivity contribution in [3.8, 4) is 0 Å². The minimum atomic E-state index is 0.631. The first-order valence-corrected chi connectivity index (χ1v) is 5.97. The first-order valence-electron chi connectivity index (χ1n) is 5.97. The number of nitrogens with zero attached hydrogens (tertiary/aromatic N) is 3. The molecule has 0 radical (unpaired) electrons. The molecule has 3 aromatic rings. The van der Waals surface area contributed by atoms with Crippen molar-refractivity contribution < 1.29 is 4.52 Å². The summed E-state index contributed by atoms with van der Waals surface area (Å²) in [5.41, 5.74) is 8.42. The number of nitrogens with two attached hydrogens (primary N) is 1. The minimum Gasteiger partial charge on any atom is -0.396 e. The van der Waals surface area contributed by atoms with Gasteiger partial charge in [0.2, 0.25) is 6.39 Å². The van der Waals surface area contributed by atoms with Gasteiger partial charge in [0.25, 0.3) is 0 Å². The van der Waals surface area contributed by atoms with Gasteiger partial charge in [-0.2, -0.15) is 4.98 Å². The smallest absolute Gasteiger partial charge is 0.213 e. The average Bonchev–Trinajstić information content (AvgIpc) is 2.94. The lowest BCUT2D eigenvalue weighted by molar-refractivity contribution is 0.410. The van der Waals surface area contributed by atoms with Crippen molar-refractivity contribution in [1.29, 1.82) is 0 Å². The molecule has 96 valence electrons. The lowest BCUT2D eigenvalue weighted by atomic mass is 10.1. The molecule has 3 rings (SSSR count). The second kappa shape index (κ2) is 4.93. The number of pyridine rings is 1. The molecular weight excluding hydrogens is 242 g/mol. The van der Waals surface area contributed by atoms with Gasteiger partial charge in [0.15, 0.2) is 5.82 Å². The largest absolute Gasteiger partial charge is 0.396 e. The predicted molar refractivity (Wildman–Crippen MR) is 72.6 cm³/mol. The van der Waals surface area contributed by atoms with Gasteiger partial charge in [-0.15, -0.1) is 0 Å². The van der Waals surface area contributed by atoms with Crippen molar-refractivity contribution in [2.24, 2.45) is 0 Å². The van der Waals surface area contributed by atoms with Crippen molar-refractivity contribution in [2.45, 2.75) is 6.42 Å². The van der Waals surface area contributed by atoms with Crippen LogP contribution in [-0.4, -0.2) is 21.7 Å². The molecule has 0 unspecified atom stereocenters. The number of rotatable bonds is 4. The molecular formula is C13H13N5O. The maximum absolute atomic E-state index is 5.97. The van der Waals surface area contributed by atoms with E-state index < -0.39 is 0 Å². The van der Waals surface area contributed by atoms with Gasteiger partial charge in [-0.3, -0.25) is 4.98 Å². The van der Waals surface area contributed by atoms with E-state index in [2.05, 4.69) is 25.0 Å². The summed E-state index contributed by atoms with van der Waals surface area (Å²) in [5.74, 6) is 0.671. The number of anilines is 2. The highest BCUT2D eigenvalue weighted by atomic mass is 16.5. The summed E-state index contributed by atoms with van der Waals surface area (Å²) < 4.78 is 4.69. The second-order valence-electron chi connectivity index (χ2n) is 4.13. The lowest BCUT2D eigenvalue weighted by Gasteiger charge is -2.11. The Kier molecular flexibility index (Phi) is 2.97. The first kappa shape index (κ1) is 11.5. The summed E-state index contributed by atoms with van der Waals surface area (Å²) in [6.45, 7) is 0.678. The van der Waals surface area contributed by atoms with Crippen LogP contribution in [0.25, 0.3) is 10.9 Å². The molecule has 2 aromatic heterocycles. The molecule has 6 heteroatoms. The highest BCUT2D eigenvalue weighted by molar-refractivity contribution is 5.96. The van der Waals surface area contributed by atoms with Gasteiger partial charge in [-0.25, -0.2) is 0 Å². The maximum Gasteiger partial charge on any atom is 0.213 e. The second-order valence-corrected chi connectivity index (χ2v) is 4.13. The van der Waals surface area contributed by atoms with Crippen LogP contribution in [0, 0.1) is 0 Å². The lowest BCUT2D eigenvalue weighted by Crippen LogP contribution is -2.08. The van der Waals surface area contributed by atoms with Gasteiger partial charge in [0.1, 0.15) is 0 Å². The van der Waals surface area contributed by atoms with Gasteiger partial charge in [-0.1, -0.05) is 23.4 Å². The van der Waals surface area contributed by atoms with E-state index in [1.165, 1.54) is 6.39 Å². The maximum atomic E-state index is 5.97. The zero-order chi connectivity index (χ0) is 13.1. The quantitative estimate of drug-likeness (QED) is 0.739. The molecule has 0 aliphatic carbocycles. The van der Waals surface area contributed by atoms with Crippen LogP contribution >= 0.6 is 0 Å². The standard InChI is InChI=1S/C13H13N5O/c14-10-7-16-11-4-2-1-3-9(11)13(10)15-6-5-12-17-8-19-18-12/h1-4,7-8H,5-6,14H2,(H,15,16). The van der Waals surface area contributed by atoms with Gasteiger partial charge in [0.05, 0.1) is 23.1 Å². The topological polar surface area (TPSA) is 89.9 Å². The zero-order valence-corrected chi connectivity index (χ0v) is 10.2. The first-order chi connectivity index (χ1) is 9.34. The van der Waals surface area contributed by atoms with Crippen LogP contribution in [0.5, 0.6) is 0 Å². The number of hydrogen-bond acceptors (Lipinski definition) is 6. The molecule has 0 aliphatic heterocycles. The van der Waals surface area contributed by atoms with Crippen LogP contribution in [-0.2, 0) is 6.42 Å². The third kappa shape index (κ3) is 2.33. The highest BCUT2D eigenvalue weighted by Gasteiger charge is 2.06. The van der Waals surface area contributed by atoms with E-state index in [0.29, 0.717) is 24.5 Å². The molecule has 0 spiro atoms. The number of aromatic nitrogens is 3. The van der Waals surface area contributed by atoms with Crippen LogP contribution in [0.15, 0.2) is 41.4 Å². The molecule has 1 aromatic carbocycles.